The molecule has 2 atom stereocenters. The van der Waals surface area contributed by atoms with E-state index < -0.39 is 18.1 Å². The van der Waals surface area contributed by atoms with Crippen LogP contribution in [0, 0.1) is 5.82 Å². The van der Waals surface area contributed by atoms with Crippen LogP contribution in [0.15, 0.2) is 24.3 Å². The summed E-state index contributed by atoms with van der Waals surface area (Å²) in [5, 5.41) is 0. The second-order valence-electron chi connectivity index (χ2n) is 3.76. The Bertz CT molecular complexity index is 370. The summed E-state index contributed by atoms with van der Waals surface area (Å²) in [6, 6.07) is 4.10. The molecule has 6 heteroatoms. The zero-order valence-electron chi connectivity index (χ0n) is 8.71. The molecule has 1 fully saturated rings. The molecule has 0 aromatic heterocycles. The summed E-state index contributed by atoms with van der Waals surface area (Å²) in [6.07, 6.45) is -6.81. The third-order valence-corrected chi connectivity index (χ3v) is 2.32. The Morgan fingerprint density at radius 1 is 1.29 bits per heavy atom. The Balaban J connectivity index is 2.10. The van der Waals surface area contributed by atoms with E-state index in [1.807, 2.05) is 0 Å². The van der Waals surface area contributed by atoms with Crippen LogP contribution in [-0.2, 0) is 9.47 Å². The number of benzene rings is 1. The fourth-order valence-electron chi connectivity index (χ4n) is 1.39. The van der Waals surface area contributed by atoms with Crippen molar-refractivity contribution >= 4 is 0 Å². The van der Waals surface area contributed by atoms with Crippen molar-refractivity contribution in [2.75, 3.05) is 13.2 Å². The number of ether oxygens (including phenoxy) is 2. The molecule has 0 bridgehead atoms. The Morgan fingerprint density at radius 2 is 1.88 bits per heavy atom. The van der Waals surface area contributed by atoms with Crippen molar-refractivity contribution < 1.29 is 27.0 Å². The molecule has 0 spiro atoms. The fraction of sp³-hybridized carbons (Fsp3) is 0.455. The second kappa shape index (κ2) is 4.62. The molecule has 1 heterocycles. The average molecular weight is 250 g/mol. The number of hydrogen-bond acceptors (Lipinski definition) is 2. The SMILES string of the molecule is Fc1ccc([C@H](OC[C@@H]2CO2)C(F)(F)F)cc1. The molecule has 94 valence electrons. The Kier molecular flexibility index (Phi) is 3.35. The summed E-state index contributed by atoms with van der Waals surface area (Å²) in [5.74, 6) is -0.583. The van der Waals surface area contributed by atoms with Gasteiger partial charge in [0.2, 0.25) is 0 Å². The minimum Gasteiger partial charge on any atom is -0.371 e. The lowest BCUT2D eigenvalue weighted by Gasteiger charge is -2.20. The van der Waals surface area contributed by atoms with E-state index in [1.165, 1.54) is 0 Å². The van der Waals surface area contributed by atoms with Crippen molar-refractivity contribution in [3.63, 3.8) is 0 Å². The van der Waals surface area contributed by atoms with Gasteiger partial charge in [0.1, 0.15) is 11.9 Å². The molecule has 0 saturated carbocycles. The van der Waals surface area contributed by atoms with Gasteiger partial charge in [-0.05, 0) is 17.7 Å². The van der Waals surface area contributed by atoms with Gasteiger partial charge in [0.25, 0.3) is 0 Å². The van der Waals surface area contributed by atoms with Gasteiger partial charge in [-0.15, -0.1) is 0 Å². The zero-order valence-corrected chi connectivity index (χ0v) is 8.71. The van der Waals surface area contributed by atoms with E-state index in [-0.39, 0.29) is 18.3 Å². The summed E-state index contributed by atoms with van der Waals surface area (Å²) in [7, 11) is 0. The highest BCUT2D eigenvalue weighted by atomic mass is 19.4. The van der Waals surface area contributed by atoms with Crippen LogP contribution in [0.4, 0.5) is 17.6 Å². The molecule has 0 amide bonds. The molecule has 17 heavy (non-hydrogen) atoms. The van der Waals surface area contributed by atoms with Crippen LogP contribution in [0.25, 0.3) is 0 Å². The van der Waals surface area contributed by atoms with Crippen LogP contribution in [-0.4, -0.2) is 25.5 Å². The Morgan fingerprint density at radius 3 is 2.35 bits per heavy atom. The number of epoxide rings is 1. The topological polar surface area (TPSA) is 21.8 Å². The summed E-state index contributed by atoms with van der Waals surface area (Å²) in [6.45, 7) is 0.315. The molecule has 0 N–H and O–H groups in total. The van der Waals surface area contributed by atoms with Crippen molar-refractivity contribution in [2.24, 2.45) is 0 Å². The van der Waals surface area contributed by atoms with Gasteiger partial charge in [-0.3, -0.25) is 0 Å². The maximum Gasteiger partial charge on any atom is 0.418 e. The lowest BCUT2D eigenvalue weighted by atomic mass is 10.1. The summed E-state index contributed by atoms with van der Waals surface area (Å²) >= 11 is 0. The molecule has 2 nitrogen and oxygen atoms in total. The molecular formula is C11H10F4O2. The monoisotopic (exact) mass is 250 g/mol. The summed E-state index contributed by atoms with van der Waals surface area (Å²) < 4.78 is 60.3. The van der Waals surface area contributed by atoms with Crippen molar-refractivity contribution in [1.82, 2.24) is 0 Å². The first-order valence-electron chi connectivity index (χ1n) is 5.02. The van der Waals surface area contributed by atoms with E-state index in [0.717, 1.165) is 24.3 Å². The first-order chi connectivity index (χ1) is 7.97. The van der Waals surface area contributed by atoms with Crippen LogP contribution in [0.2, 0.25) is 0 Å². The normalized spacial score (nSPS) is 21.3. The van der Waals surface area contributed by atoms with Gasteiger partial charge in [0, 0.05) is 0 Å². The lowest BCUT2D eigenvalue weighted by molar-refractivity contribution is -0.224. The molecule has 1 saturated heterocycles. The molecule has 0 unspecified atom stereocenters. The molecule has 2 rings (SSSR count). The lowest BCUT2D eigenvalue weighted by Crippen LogP contribution is -2.25. The van der Waals surface area contributed by atoms with E-state index in [1.54, 1.807) is 0 Å². The minimum absolute atomic E-state index is 0.110. The predicted molar refractivity (Wildman–Crippen MR) is 50.9 cm³/mol. The van der Waals surface area contributed by atoms with Gasteiger partial charge in [-0.2, -0.15) is 13.2 Å². The van der Waals surface area contributed by atoms with Crippen molar-refractivity contribution in [3.05, 3.63) is 35.6 Å². The van der Waals surface area contributed by atoms with Crippen LogP contribution in [0.1, 0.15) is 11.7 Å². The van der Waals surface area contributed by atoms with Crippen LogP contribution in [0.3, 0.4) is 0 Å². The largest absolute Gasteiger partial charge is 0.418 e. The zero-order chi connectivity index (χ0) is 12.5. The standard InChI is InChI=1S/C11H10F4O2/c12-8-3-1-7(2-4-8)10(11(13,14)15)17-6-9-5-16-9/h1-4,9-10H,5-6H2/t9-,10-/m0/s1. The highest BCUT2D eigenvalue weighted by Crippen LogP contribution is 2.36. The van der Waals surface area contributed by atoms with E-state index in [4.69, 9.17) is 9.47 Å². The molecule has 1 aromatic carbocycles. The van der Waals surface area contributed by atoms with Crippen LogP contribution in [0.5, 0.6) is 0 Å². The molecule has 1 aromatic rings. The van der Waals surface area contributed by atoms with Crippen LogP contribution < -0.4 is 0 Å². The smallest absolute Gasteiger partial charge is 0.371 e. The number of hydrogen-bond donors (Lipinski definition) is 0. The molecule has 1 aliphatic heterocycles. The third kappa shape index (κ3) is 3.41. The fourth-order valence-corrected chi connectivity index (χ4v) is 1.39. The maximum atomic E-state index is 12.7. The first kappa shape index (κ1) is 12.3. The molecule has 1 aliphatic rings. The van der Waals surface area contributed by atoms with Gasteiger partial charge in [0.05, 0.1) is 13.2 Å². The maximum absolute atomic E-state index is 12.7. The average Bonchev–Trinajstić information content (AvgIpc) is 3.03. The van der Waals surface area contributed by atoms with Gasteiger partial charge < -0.3 is 9.47 Å². The molecular weight excluding hydrogens is 240 g/mol. The van der Waals surface area contributed by atoms with E-state index in [0.29, 0.717) is 6.61 Å². The number of halogens is 4. The van der Waals surface area contributed by atoms with Crippen molar-refractivity contribution in [2.45, 2.75) is 18.4 Å². The summed E-state index contributed by atoms with van der Waals surface area (Å²) in [4.78, 5) is 0. The highest BCUT2D eigenvalue weighted by molar-refractivity contribution is 5.20. The van der Waals surface area contributed by atoms with Gasteiger partial charge in [-0.25, -0.2) is 4.39 Å². The highest BCUT2D eigenvalue weighted by Gasteiger charge is 2.42. The van der Waals surface area contributed by atoms with Crippen LogP contribution >= 0.6 is 0 Å². The summed E-state index contributed by atoms with van der Waals surface area (Å²) in [5.41, 5.74) is -0.112. The minimum atomic E-state index is -4.52. The van der Waals surface area contributed by atoms with Gasteiger partial charge in [0.15, 0.2) is 6.10 Å². The second-order valence-corrected chi connectivity index (χ2v) is 3.76. The van der Waals surface area contributed by atoms with E-state index in [2.05, 4.69) is 0 Å². The van der Waals surface area contributed by atoms with E-state index in [9.17, 15) is 17.6 Å². The quantitative estimate of drug-likeness (QED) is 0.605. The number of rotatable bonds is 4. The first-order valence-corrected chi connectivity index (χ1v) is 5.02. The van der Waals surface area contributed by atoms with Gasteiger partial charge >= 0.3 is 6.18 Å². The van der Waals surface area contributed by atoms with Crippen molar-refractivity contribution in [1.29, 1.82) is 0 Å². The molecule has 0 aliphatic carbocycles. The van der Waals surface area contributed by atoms with E-state index >= 15 is 0 Å². The predicted octanol–water partition coefficient (Wildman–Crippen LogP) is 2.84. The Hall–Kier alpha value is -1.14. The number of alkyl halides is 3. The van der Waals surface area contributed by atoms with Gasteiger partial charge in [-0.1, -0.05) is 12.1 Å². The molecule has 0 radical (unpaired) electrons. The third-order valence-electron chi connectivity index (χ3n) is 2.32. The van der Waals surface area contributed by atoms with Crippen molar-refractivity contribution in [3.8, 4) is 0 Å². The Labute approximate surface area is 95.1 Å².